The molecule has 0 radical (unpaired) electrons. The van der Waals surface area contributed by atoms with Crippen molar-refractivity contribution in [3.63, 3.8) is 0 Å². The third kappa shape index (κ3) is 2.63. The van der Waals surface area contributed by atoms with Gasteiger partial charge in [-0.1, -0.05) is 17.7 Å². The summed E-state index contributed by atoms with van der Waals surface area (Å²) in [6.07, 6.45) is -0.608. The van der Waals surface area contributed by atoms with Gasteiger partial charge in [0.25, 0.3) is 0 Å². The average molecular weight is 269 g/mol. The molecule has 2 amide bonds. The molecule has 0 aliphatic carbocycles. The lowest BCUT2D eigenvalue weighted by Gasteiger charge is -2.28. The monoisotopic (exact) mass is 268 g/mol. The first-order valence-corrected chi connectivity index (χ1v) is 5.90. The van der Waals surface area contributed by atoms with E-state index in [0.29, 0.717) is 16.3 Å². The molecule has 0 aromatic heterocycles. The first-order valence-electron chi connectivity index (χ1n) is 5.52. The predicted octanol–water partition coefficient (Wildman–Crippen LogP) is 0.856. The molecule has 1 heterocycles. The van der Waals surface area contributed by atoms with Crippen molar-refractivity contribution in [2.45, 2.75) is 13.0 Å². The number of imide groups is 1. The van der Waals surface area contributed by atoms with E-state index in [2.05, 4.69) is 5.32 Å². The Morgan fingerprint density at radius 1 is 1.33 bits per heavy atom. The number of hydrogen-bond donors (Lipinski definition) is 2. The van der Waals surface area contributed by atoms with Crippen molar-refractivity contribution in [2.24, 2.45) is 0 Å². The van der Waals surface area contributed by atoms with Crippen molar-refractivity contribution < 1.29 is 14.7 Å². The SMILES string of the molecule is C[C@H](O)c1ccc(N2CC(=O)NC(=O)C2)c(Cl)c1. The molecule has 1 aromatic rings. The standard InChI is InChI=1S/C12H13ClN2O3/c1-7(16)8-2-3-10(9(13)4-8)15-5-11(17)14-12(18)6-15/h2-4,7,16H,5-6H2,1H3,(H,14,17,18)/t7-/m0/s1. The van der Waals surface area contributed by atoms with Gasteiger partial charge in [-0.3, -0.25) is 14.9 Å². The molecule has 1 saturated heterocycles. The van der Waals surface area contributed by atoms with Gasteiger partial charge in [-0.15, -0.1) is 0 Å². The number of nitrogens with one attached hydrogen (secondary N) is 1. The summed E-state index contributed by atoms with van der Waals surface area (Å²) < 4.78 is 0. The van der Waals surface area contributed by atoms with E-state index >= 15 is 0 Å². The summed E-state index contributed by atoms with van der Waals surface area (Å²) in [4.78, 5) is 24.2. The first-order chi connectivity index (χ1) is 8.47. The minimum absolute atomic E-state index is 0.0967. The van der Waals surface area contributed by atoms with Crippen molar-refractivity contribution in [1.29, 1.82) is 0 Å². The predicted molar refractivity (Wildman–Crippen MR) is 67.4 cm³/mol. The van der Waals surface area contributed by atoms with E-state index in [-0.39, 0.29) is 24.9 Å². The molecule has 1 atom stereocenters. The Labute approximate surface area is 109 Å². The number of nitrogens with zero attached hydrogens (tertiary/aromatic N) is 1. The molecule has 6 heteroatoms. The number of hydrogen-bond acceptors (Lipinski definition) is 4. The van der Waals surface area contributed by atoms with Crippen LogP contribution in [0.3, 0.4) is 0 Å². The van der Waals surface area contributed by atoms with E-state index < -0.39 is 6.10 Å². The summed E-state index contributed by atoms with van der Waals surface area (Å²) in [5.74, 6) is -0.691. The van der Waals surface area contributed by atoms with Gasteiger partial charge in [0.2, 0.25) is 11.8 Å². The van der Waals surface area contributed by atoms with Crippen LogP contribution in [0.5, 0.6) is 0 Å². The van der Waals surface area contributed by atoms with Crippen LogP contribution in [0.1, 0.15) is 18.6 Å². The fraction of sp³-hybridized carbons (Fsp3) is 0.333. The summed E-state index contributed by atoms with van der Waals surface area (Å²) in [7, 11) is 0. The molecule has 1 aliphatic heterocycles. The summed E-state index contributed by atoms with van der Waals surface area (Å²) in [5.41, 5.74) is 1.31. The minimum atomic E-state index is -0.608. The zero-order valence-corrected chi connectivity index (χ0v) is 10.6. The third-order valence-electron chi connectivity index (χ3n) is 2.74. The zero-order valence-electron chi connectivity index (χ0n) is 9.81. The number of halogens is 1. The fourth-order valence-corrected chi connectivity index (χ4v) is 2.16. The largest absolute Gasteiger partial charge is 0.389 e. The molecule has 1 aliphatic rings. The maximum atomic E-state index is 11.3. The van der Waals surface area contributed by atoms with Crippen molar-refractivity contribution in [1.82, 2.24) is 5.32 Å². The smallest absolute Gasteiger partial charge is 0.246 e. The third-order valence-corrected chi connectivity index (χ3v) is 3.05. The molecule has 96 valence electrons. The van der Waals surface area contributed by atoms with E-state index in [1.165, 1.54) is 0 Å². The zero-order chi connectivity index (χ0) is 13.3. The molecule has 1 fully saturated rings. The average Bonchev–Trinajstić information content (AvgIpc) is 2.27. The minimum Gasteiger partial charge on any atom is -0.389 e. The number of aliphatic hydroxyl groups excluding tert-OH is 1. The highest BCUT2D eigenvalue weighted by atomic mass is 35.5. The lowest BCUT2D eigenvalue weighted by atomic mass is 10.1. The van der Waals surface area contributed by atoms with Gasteiger partial charge in [0.05, 0.1) is 29.9 Å². The van der Waals surface area contributed by atoms with Crippen LogP contribution in [0, 0.1) is 0 Å². The Balaban J connectivity index is 2.28. The maximum Gasteiger partial charge on any atom is 0.246 e. The van der Waals surface area contributed by atoms with Crippen LogP contribution in [-0.4, -0.2) is 30.0 Å². The number of carbonyl (C=O) groups is 2. The number of benzene rings is 1. The molecular formula is C12H13ClN2O3. The molecule has 5 nitrogen and oxygen atoms in total. The topological polar surface area (TPSA) is 69.6 Å². The summed E-state index contributed by atoms with van der Waals surface area (Å²) in [6.45, 7) is 1.84. The highest BCUT2D eigenvalue weighted by Gasteiger charge is 2.24. The molecule has 18 heavy (non-hydrogen) atoms. The van der Waals surface area contributed by atoms with E-state index in [1.807, 2.05) is 0 Å². The van der Waals surface area contributed by atoms with E-state index in [4.69, 9.17) is 11.6 Å². The Bertz CT molecular complexity index is 486. The van der Waals surface area contributed by atoms with Gasteiger partial charge in [0, 0.05) is 0 Å². The van der Waals surface area contributed by atoms with Crippen molar-refractivity contribution in [3.05, 3.63) is 28.8 Å². The Kier molecular flexibility index (Phi) is 3.54. The molecule has 0 saturated carbocycles. The lowest BCUT2D eigenvalue weighted by molar-refractivity contribution is -0.130. The van der Waals surface area contributed by atoms with E-state index in [0.717, 1.165) is 0 Å². The highest BCUT2D eigenvalue weighted by Crippen LogP contribution is 2.29. The van der Waals surface area contributed by atoms with Crippen molar-refractivity contribution >= 4 is 29.1 Å². The van der Waals surface area contributed by atoms with Crippen LogP contribution in [-0.2, 0) is 9.59 Å². The maximum absolute atomic E-state index is 11.3. The van der Waals surface area contributed by atoms with Crippen LogP contribution >= 0.6 is 11.6 Å². The Hall–Kier alpha value is -1.59. The van der Waals surface area contributed by atoms with Crippen molar-refractivity contribution in [2.75, 3.05) is 18.0 Å². The quantitative estimate of drug-likeness (QED) is 0.781. The second-order valence-corrected chi connectivity index (χ2v) is 4.62. The van der Waals surface area contributed by atoms with Gasteiger partial charge in [0.15, 0.2) is 0 Å². The Morgan fingerprint density at radius 3 is 2.44 bits per heavy atom. The Morgan fingerprint density at radius 2 is 1.94 bits per heavy atom. The normalized spacial score (nSPS) is 17.6. The summed E-state index contributed by atoms with van der Waals surface area (Å²) >= 11 is 6.11. The van der Waals surface area contributed by atoms with Crippen LogP contribution in [0.2, 0.25) is 5.02 Å². The van der Waals surface area contributed by atoms with Gasteiger partial charge in [-0.05, 0) is 24.6 Å². The molecule has 0 unspecified atom stereocenters. The van der Waals surface area contributed by atoms with Crippen LogP contribution in [0.15, 0.2) is 18.2 Å². The van der Waals surface area contributed by atoms with Gasteiger partial charge in [0.1, 0.15) is 0 Å². The highest BCUT2D eigenvalue weighted by molar-refractivity contribution is 6.33. The van der Waals surface area contributed by atoms with Gasteiger partial charge >= 0.3 is 0 Å². The fourth-order valence-electron chi connectivity index (χ4n) is 1.85. The second-order valence-electron chi connectivity index (χ2n) is 4.21. The molecule has 2 rings (SSSR count). The van der Waals surface area contributed by atoms with Gasteiger partial charge < -0.3 is 10.0 Å². The molecule has 1 aromatic carbocycles. The van der Waals surface area contributed by atoms with Crippen LogP contribution in [0.25, 0.3) is 0 Å². The lowest BCUT2D eigenvalue weighted by Crippen LogP contribution is -2.51. The number of anilines is 1. The molecule has 0 bridgehead atoms. The van der Waals surface area contributed by atoms with Crippen LogP contribution < -0.4 is 10.2 Å². The van der Waals surface area contributed by atoms with Gasteiger partial charge in [-0.2, -0.15) is 0 Å². The van der Waals surface area contributed by atoms with Crippen LogP contribution in [0.4, 0.5) is 5.69 Å². The second kappa shape index (κ2) is 4.96. The number of amides is 2. The number of rotatable bonds is 2. The first kappa shape index (κ1) is 12.9. The van der Waals surface area contributed by atoms with Crippen molar-refractivity contribution in [3.8, 4) is 0 Å². The molecule has 2 N–H and O–H groups in total. The number of carbonyl (C=O) groups excluding carboxylic acids is 2. The summed E-state index contributed by atoms with van der Waals surface area (Å²) in [6, 6.07) is 5.07. The van der Waals surface area contributed by atoms with E-state index in [1.54, 1.807) is 30.0 Å². The molecule has 0 spiro atoms. The van der Waals surface area contributed by atoms with Gasteiger partial charge in [-0.25, -0.2) is 0 Å². The number of piperazine rings is 1. The summed E-state index contributed by atoms with van der Waals surface area (Å²) in [5, 5.41) is 12.1. The molecular weight excluding hydrogens is 256 g/mol. The number of aliphatic hydroxyl groups is 1. The van der Waals surface area contributed by atoms with E-state index in [9.17, 15) is 14.7 Å².